The number of hydrogen-bond donors (Lipinski definition) is 0. The number of benzene rings is 2. The van der Waals surface area contributed by atoms with Crippen LogP contribution in [-0.2, 0) is 10.0 Å². The van der Waals surface area contributed by atoms with Crippen LogP contribution < -0.4 is 9.47 Å². The summed E-state index contributed by atoms with van der Waals surface area (Å²) >= 11 is 1.65. The molecule has 0 bridgehead atoms. The first-order valence-corrected chi connectivity index (χ1v) is 11.4. The van der Waals surface area contributed by atoms with Crippen LogP contribution in [-0.4, -0.2) is 45.0 Å². The summed E-state index contributed by atoms with van der Waals surface area (Å²) in [4.78, 5) is 4.88. The first-order valence-electron chi connectivity index (χ1n) is 9.10. The number of aromatic nitrogens is 1. The van der Waals surface area contributed by atoms with Crippen molar-refractivity contribution in [2.24, 2.45) is 0 Å². The Morgan fingerprint density at radius 1 is 1.14 bits per heavy atom. The smallest absolute Gasteiger partial charge is 0.246 e. The maximum Gasteiger partial charge on any atom is 0.246 e. The molecule has 0 spiro atoms. The summed E-state index contributed by atoms with van der Waals surface area (Å²) < 4.78 is 39.9. The molecule has 6 nitrogen and oxygen atoms in total. The molecule has 2 heterocycles. The molecule has 0 N–H and O–H groups in total. The van der Waals surface area contributed by atoms with Gasteiger partial charge in [0, 0.05) is 25.1 Å². The van der Waals surface area contributed by atoms with Crippen molar-refractivity contribution in [3.8, 4) is 11.5 Å². The molecule has 8 heteroatoms. The molecule has 1 aromatic heterocycles. The third kappa shape index (κ3) is 3.47. The average Bonchev–Trinajstić information content (AvgIpc) is 3.17. The largest absolute Gasteiger partial charge is 0.497 e. The summed E-state index contributed by atoms with van der Waals surface area (Å²) in [5.41, 5.74) is 0.969. The van der Waals surface area contributed by atoms with Gasteiger partial charge < -0.3 is 9.47 Å². The van der Waals surface area contributed by atoms with Crippen LogP contribution >= 0.6 is 11.3 Å². The predicted octanol–water partition coefficient (Wildman–Crippen LogP) is 3.88. The van der Waals surface area contributed by atoms with Gasteiger partial charge in [-0.05, 0) is 37.1 Å². The molecule has 0 saturated carbocycles. The molecule has 1 saturated heterocycles. The SMILES string of the molecule is COc1ccc(OC)c(S(=O)(=O)N2CCC[C@H](c3nc4ccccc4s3)C2)c1. The minimum atomic E-state index is -3.70. The standard InChI is InChI=1S/C20H22N2O4S2/c1-25-15-9-10-17(26-2)19(12-15)28(23,24)22-11-5-6-14(13-22)20-21-16-7-3-4-8-18(16)27-20/h3-4,7-10,12,14H,5-6,11,13H2,1-2H3/t14-/m0/s1. The quantitative estimate of drug-likeness (QED) is 0.629. The summed E-state index contributed by atoms with van der Waals surface area (Å²) in [5.74, 6) is 0.902. The Labute approximate surface area is 168 Å². The van der Waals surface area contributed by atoms with Gasteiger partial charge in [0.05, 0.1) is 29.4 Å². The Kier molecular flexibility index (Phi) is 5.27. The van der Waals surface area contributed by atoms with E-state index < -0.39 is 10.0 Å². The summed E-state index contributed by atoms with van der Waals surface area (Å²) in [5, 5.41) is 0.999. The highest BCUT2D eigenvalue weighted by atomic mass is 32.2. The molecule has 1 aliphatic heterocycles. The van der Waals surface area contributed by atoms with Crippen molar-refractivity contribution in [3.63, 3.8) is 0 Å². The first-order chi connectivity index (χ1) is 13.5. The van der Waals surface area contributed by atoms with Crippen molar-refractivity contribution in [1.82, 2.24) is 9.29 Å². The Morgan fingerprint density at radius 3 is 2.71 bits per heavy atom. The van der Waals surface area contributed by atoms with Crippen molar-refractivity contribution in [1.29, 1.82) is 0 Å². The second kappa shape index (κ2) is 7.69. The molecule has 0 amide bonds. The van der Waals surface area contributed by atoms with E-state index in [1.807, 2.05) is 18.2 Å². The van der Waals surface area contributed by atoms with Crippen molar-refractivity contribution >= 4 is 31.6 Å². The van der Waals surface area contributed by atoms with Crippen molar-refractivity contribution in [2.45, 2.75) is 23.7 Å². The third-order valence-corrected chi connectivity index (χ3v) is 8.12. The van der Waals surface area contributed by atoms with E-state index in [0.29, 0.717) is 24.6 Å². The lowest BCUT2D eigenvalue weighted by Gasteiger charge is -2.31. The molecule has 28 heavy (non-hydrogen) atoms. The predicted molar refractivity (Wildman–Crippen MR) is 110 cm³/mol. The van der Waals surface area contributed by atoms with E-state index in [0.717, 1.165) is 28.1 Å². The minimum Gasteiger partial charge on any atom is -0.497 e. The number of nitrogens with zero attached hydrogens (tertiary/aromatic N) is 2. The molecule has 3 aromatic rings. The second-order valence-electron chi connectivity index (χ2n) is 6.74. The number of fused-ring (bicyclic) bond motifs is 1. The molecular formula is C20H22N2O4S2. The van der Waals surface area contributed by atoms with Crippen LogP contribution in [0, 0.1) is 0 Å². The van der Waals surface area contributed by atoms with Gasteiger partial charge in [-0.15, -0.1) is 11.3 Å². The maximum absolute atomic E-state index is 13.4. The molecule has 1 aliphatic rings. The number of para-hydroxylation sites is 1. The zero-order valence-electron chi connectivity index (χ0n) is 15.8. The molecule has 0 radical (unpaired) electrons. The molecular weight excluding hydrogens is 396 g/mol. The third-order valence-electron chi connectivity index (χ3n) is 5.03. The number of thiazole rings is 1. The van der Waals surface area contributed by atoms with Crippen LogP contribution in [0.2, 0.25) is 0 Å². The molecule has 2 aromatic carbocycles. The molecule has 0 aliphatic carbocycles. The fourth-order valence-electron chi connectivity index (χ4n) is 3.55. The Balaban J connectivity index is 1.65. The highest BCUT2D eigenvalue weighted by molar-refractivity contribution is 7.89. The fraction of sp³-hybridized carbons (Fsp3) is 0.350. The monoisotopic (exact) mass is 418 g/mol. The van der Waals surface area contributed by atoms with E-state index in [-0.39, 0.29) is 10.8 Å². The number of ether oxygens (including phenoxy) is 2. The number of hydrogen-bond acceptors (Lipinski definition) is 6. The van der Waals surface area contributed by atoms with E-state index in [4.69, 9.17) is 14.5 Å². The highest BCUT2D eigenvalue weighted by Gasteiger charge is 2.34. The van der Waals surface area contributed by atoms with Crippen LogP contribution in [0.3, 0.4) is 0 Å². The van der Waals surface area contributed by atoms with Crippen molar-refractivity contribution in [3.05, 3.63) is 47.5 Å². The van der Waals surface area contributed by atoms with Crippen molar-refractivity contribution in [2.75, 3.05) is 27.3 Å². The van der Waals surface area contributed by atoms with Crippen molar-refractivity contribution < 1.29 is 17.9 Å². The summed E-state index contributed by atoms with van der Waals surface area (Å²) in [6.45, 7) is 0.909. The normalized spacial score (nSPS) is 18.3. The summed E-state index contributed by atoms with van der Waals surface area (Å²) in [6, 6.07) is 12.9. The maximum atomic E-state index is 13.4. The number of rotatable bonds is 5. The summed E-state index contributed by atoms with van der Waals surface area (Å²) in [6.07, 6.45) is 1.73. The van der Waals surface area contributed by atoms with Gasteiger partial charge in [0.2, 0.25) is 10.0 Å². The van der Waals surface area contributed by atoms with E-state index in [2.05, 4.69) is 6.07 Å². The molecule has 1 fully saturated rings. The zero-order chi connectivity index (χ0) is 19.7. The molecule has 4 rings (SSSR count). The number of piperidine rings is 1. The van der Waals surface area contributed by atoms with Gasteiger partial charge in [0.15, 0.2) is 0 Å². The van der Waals surface area contributed by atoms with Crippen LogP contribution in [0.5, 0.6) is 11.5 Å². The molecule has 1 atom stereocenters. The Morgan fingerprint density at radius 2 is 1.96 bits per heavy atom. The van der Waals surface area contributed by atoms with Crippen LogP contribution in [0.1, 0.15) is 23.8 Å². The van der Waals surface area contributed by atoms with Crippen LogP contribution in [0.4, 0.5) is 0 Å². The highest BCUT2D eigenvalue weighted by Crippen LogP contribution is 2.37. The minimum absolute atomic E-state index is 0.0949. The van der Waals surface area contributed by atoms with E-state index >= 15 is 0 Å². The Bertz CT molecular complexity index is 1060. The molecule has 0 unspecified atom stereocenters. The van der Waals surface area contributed by atoms with Gasteiger partial charge in [-0.25, -0.2) is 13.4 Å². The van der Waals surface area contributed by atoms with Gasteiger partial charge in [-0.1, -0.05) is 12.1 Å². The zero-order valence-corrected chi connectivity index (χ0v) is 17.4. The van der Waals surface area contributed by atoms with Gasteiger partial charge in [-0.2, -0.15) is 4.31 Å². The lowest BCUT2D eigenvalue weighted by molar-refractivity contribution is 0.313. The van der Waals surface area contributed by atoms with E-state index in [9.17, 15) is 8.42 Å². The first kappa shape index (κ1) is 19.2. The Hall–Kier alpha value is -2.16. The van der Waals surface area contributed by atoms with Gasteiger partial charge in [0.25, 0.3) is 0 Å². The van der Waals surface area contributed by atoms with Gasteiger partial charge in [-0.3, -0.25) is 0 Å². The van der Waals surface area contributed by atoms with E-state index in [1.165, 1.54) is 20.3 Å². The topological polar surface area (TPSA) is 68.7 Å². The fourth-order valence-corrected chi connectivity index (χ4v) is 6.34. The lowest BCUT2D eigenvalue weighted by atomic mass is 10.0. The van der Waals surface area contributed by atoms with Gasteiger partial charge >= 0.3 is 0 Å². The molecule has 148 valence electrons. The van der Waals surface area contributed by atoms with E-state index in [1.54, 1.807) is 27.8 Å². The number of sulfonamides is 1. The second-order valence-corrected chi connectivity index (χ2v) is 9.71. The average molecular weight is 419 g/mol. The lowest BCUT2D eigenvalue weighted by Crippen LogP contribution is -2.39. The van der Waals surface area contributed by atoms with Crippen LogP contribution in [0.25, 0.3) is 10.2 Å². The van der Waals surface area contributed by atoms with Gasteiger partial charge in [0.1, 0.15) is 16.4 Å². The number of methoxy groups -OCH3 is 2. The summed E-state index contributed by atoms with van der Waals surface area (Å²) in [7, 11) is -0.714. The van der Waals surface area contributed by atoms with Crippen LogP contribution in [0.15, 0.2) is 47.4 Å².